The number of carbonyl (C=O) groups excluding carboxylic acids is 1. The second-order valence-electron chi connectivity index (χ2n) is 2.70. The molecule has 0 radical (unpaired) electrons. The van der Waals surface area contributed by atoms with Crippen LogP contribution in [0.15, 0.2) is 5.16 Å². The topological polar surface area (TPSA) is 78.9 Å². The first-order valence-corrected chi connectivity index (χ1v) is 3.36. The van der Waals surface area contributed by atoms with E-state index in [1.54, 1.807) is 11.9 Å². The number of hydrogen-bond acceptors (Lipinski definition) is 3. The minimum absolute atomic E-state index is 0.0431. The number of amidine groups is 1. The molecule has 11 heavy (non-hydrogen) atoms. The molecular formula is C6H11N3O2. The van der Waals surface area contributed by atoms with Gasteiger partial charge in [0.05, 0.1) is 0 Å². The molecule has 0 aromatic heterocycles. The van der Waals surface area contributed by atoms with Gasteiger partial charge in [0, 0.05) is 25.9 Å². The summed E-state index contributed by atoms with van der Waals surface area (Å²) in [5, 5.41) is 11.2. The monoisotopic (exact) mass is 157 g/mol. The number of oxime groups is 1. The first kappa shape index (κ1) is 7.84. The Morgan fingerprint density at radius 2 is 2.55 bits per heavy atom. The van der Waals surface area contributed by atoms with Crippen LogP contribution in [-0.4, -0.2) is 35.4 Å². The van der Waals surface area contributed by atoms with Crippen molar-refractivity contribution >= 4 is 11.7 Å². The van der Waals surface area contributed by atoms with Crippen LogP contribution in [0, 0.1) is 5.92 Å². The van der Waals surface area contributed by atoms with Crippen LogP contribution in [0.5, 0.6) is 0 Å². The van der Waals surface area contributed by atoms with Gasteiger partial charge in [0.2, 0.25) is 5.91 Å². The third kappa shape index (κ3) is 1.42. The SMILES string of the molecule is CN1CC(C(N)=NO)CC1=O. The molecule has 0 bridgehead atoms. The Labute approximate surface area is 64.5 Å². The van der Waals surface area contributed by atoms with E-state index in [1.807, 2.05) is 0 Å². The molecule has 0 aliphatic carbocycles. The lowest BCUT2D eigenvalue weighted by molar-refractivity contribution is -0.126. The zero-order valence-electron chi connectivity index (χ0n) is 6.32. The molecule has 1 heterocycles. The molecule has 1 aliphatic heterocycles. The van der Waals surface area contributed by atoms with Crippen molar-refractivity contribution in [3.05, 3.63) is 0 Å². The Bertz CT molecular complexity index is 202. The molecule has 1 saturated heterocycles. The van der Waals surface area contributed by atoms with E-state index in [4.69, 9.17) is 10.9 Å². The highest BCUT2D eigenvalue weighted by Crippen LogP contribution is 2.15. The molecule has 5 nitrogen and oxygen atoms in total. The molecule has 1 fully saturated rings. The number of likely N-dealkylation sites (tertiary alicyclic amines) is 1. The van der Waals surface area contributed by atoms with E-state index in [1.165, 1.54) is 0 Å². The summed E-state index contributed by atoms with van der Waals surface area (Å²) in [6.07, 6.45) is 0.354. The summed E-state index contributed by atoms with van der Waals surface area (Å²) in [5.41, 5.74) is 5.32. The molecule has 1 atom stereocenters. The highest BCUT2D eigenvalue weighted by molar-refractivity contribution is 5.90. The van der Waals surface area contributed by atoms with Crippen LogP contribution in [-0.2, 0) is 4.79 Å². The molecular weight excluding hydrogens is 146 g/mol. The number of carbonyl (C=O) groups is 1. The van der Waals surface area contributed by atoms with E-state index in [0.29, 0.717) is 13.0 Å². The minimum Gasteiger partial charge on any atom is -0.409 e. The number of amides is 1. The Morgan fingerprint density at radius 3 is 2.91 bits per heavy atom. The summed E-state index contributed by atoms with van der Waals surface area (Å²) in [7, 11) is 1.70. The van der Waals surface area contributed by atoms with Gasteiger partial charge in [-0.2, -0.15) is 0 Å². The van der Waals surface area contributed by atoms with Crippen molar-refractivity contribution in [3.63, 3.8) is 0 Å². The van der Waals surface area contributed by atoms with Crippen molar-refractivity contribution < 1.29 is 10.0 Å². The molecule has 1 amide bonds. The van der Waals surface area contributed by atoms with Crippen LogP contribution in [0.25, 0.3) is 0 Å². The molecule has 0 aromatic carbocycles. The van der Waals surface area contributed by atoms with Crippen molar-refractivity contribution in [1.29, 1.82) is 0 Å². The summed E-state index contributed by atoms with van der Waals surface area (Å²) in [5.74, 6) is 0.0711. The van der Waals surface area contributed by atoms with Crippen molar-refractivity contribution in [1.82, 2.24) is 4.90 Å². The second-order valence-corrected chi connectivity index (χ2v) is 2.70. The first-order valence-electron chi connectivity index (χ1n) is 3.36. The fourth-order valence-electron chi connectivity index (χ4n) is 1.14. The van der Waals surface area contributed by atoms with E-state index in [-0.39, 0.29) is 17.7 Å². The summed E-state index contributed by atoms with van der Waals surface area (Å²) in [6, 6.07) is 0. The molecule has 1 aliphatic rings. The fourth-order valence-corrected chi connectivity index (χ4v) is 1.14. The lowest BCUT2D eigenvalue weighted by Gasteiger charge is -2.07. The maximum absolute atomic E-state index is 10.9. The molecule has 62 valence electrons. The highest BCUT2D eigenvalue weighted by Gasteiger charge is 2.29. The molecule has 0 aromatic rings. The number of hydrogen-bond donors (Lipinski definition) is 2. The Hall–Kier alpha value is -1.26. The van der Waals surface area contributed by atoms with Crippen LogP contribution < -0.4 is 5.73 Å². The maximum Gasteiger partial charge on any atom is 0.223 e. The lowest BCUT2D eigenvalue weighted by Crippen LogP contribution is -2.26. The van der Waals surface area contributed by atoms with Crippen LogP contribution in [0.1, 0.15) is 6.42 Å². The van der Waals surface area contributed by atoms with E-state index in [0.717, 1.165) is 0 Å². The smallest absolute Gasteiger partial charge is 0.223 e. The number of nitrogens with two attached hydrogens (primary N) is 1. The second kappa shape index (κ2) is 2.77. The number of nitrogens with zero attached hydrogens (tertiary/aromatic N) is 2. The first-order chi connectivity index (χ1) is 5.15. The van der Waals surface area contributed by atoms with Gasteiger partial charge in [-0.3, -0.25) is 4.79 Å². The van der Waals surface area contributed by atoms with Gasteiger partial charge >= 0.3 is 0 Å². The summed E-state index contributed by atoms with van der Waals surface area (Å²) < 4.78 is 0. The third-order valence-corrected chi connectivity index (χ3v) is 1.87. The van der Waals surface area contributed by atoms with Gasteiger partial charge in [-0.05, 0) is 0 Å². The quantitative estimate of drug-likeness (QED) is 0.226. The molecule has 3 N–H and O–H groups in total. The average Bonchev–Trinajstić information content (AvgIpc) is 2.31. The highest BCUT2D eigenvalue weighted by atomic mass is 16.4. The van der Waals surface area contributed by atoms with Crippen LogP contribution in [0.2, 0.25) is 0 Å². The van der Waals surface area contributed by atoms with Crippen molar-refractivity contribution in [3.8, 4) is 0 Å². The minimum atomic E-state index is -0.113. The van der Waals surface area contributed by atoms with E-state index in [9.17, 15) is 4.79 Å². The molecule has 1 rings (SSSR count). The molecule has 1 unspecified atom stereocenters. The third-order valence-electron chi connectivity index (χ3n) is 1.87. The van der Waals surface area contributed by atoms with Gasteiger partial charge in [-0.1, -0.05) is 5.16 Å². The van der Waals surface area contributed by atoms with Crippen molar-refractivity contribution in [2.24, 2.45) is 16.8 Å². The average molecular weight is 157 g/mol. The molecule has 0 saturated carbocycles. The summed E-state index contributed by atoms with van der Waals surface area (Å²) in [4.78, 5) is 12.5. The summed E-state index contributed by atoms with van der Waals surface area (Å²) in [6.45, 7) is 0.550. The van der Waals surface area contributed by atoms with Crippen molar-refractivity contribution in [2.45, 2.75) is 6.42 Å². The van der Waals surface area contributed by atoms with E-state index < -0.39 is 0 Å². The molecule has 0 spiro atoms. The predicted molar refractivity (Wildman–Crippen MR) is 39.2 cm³/mol. The fraction of sp³-hybridized carbons (Fsp3) is 0.667. The Balaban J connectivity index is 2.60. The van der Waals surface area contributed by atoms with Crippen LogP contribution in [0.4, 0.5) is 0 Å². The molecule has 5 heteroatoms. The lowest BCUT2D eigenvalue weighted by atomic mass is 10.1. The van der Waals surface area contributed by atoms with Crippen LogP contribution >= 0.6 is 0 Å². The normalized spacial score (nSPS) is 26.3. The standard InChI is InChI=1S/C6H11N3O2/c1-9-3-4(2-5(9)10)6(7)8-11/h4,11H,2-3H2,1H3,(H2,7,8). The number of rotatable bonds is 1. The van der Waals surface area contributed by atoms with Gasteiger partial charge in [0.25, 0.3) is 0 Å². The van der Waals surface area contributed by atoms with Crippen LogP contribution in [0.3, 0.4) is 0 Å². The van der Waals surface area contributed by atoms with Gasteiger partial charge in [-0.25, -0.2) is 0 Å². The maximum atomic E-state index is 10.9. The van der Waals surface area contributed by atoms with Gasteiger partial charge in [-0.15, -0.1) is 0 Å². The van der Waals surface area contributed by atoms with Gasteiger partial charge < -0.3 is 15.8 Å². The zero-order chi connectivity index (χ0) is 8.43. The van der Waals surface area contributed by atoms with E-state index >= 15 is 0 Å². The van der Waals surface area contributed by atoms with Gasteiger partial charge in [0.15, 0.2) is 0 Å². The zero-order valence-corrected chi connectivity index (χ0v) is 6.32. The Kier molecular flexibility index (Phi) is 1.98. The van der Waals surface area contributed by atoms with Gasteiger partial charge in [0.1, 0.15) is 5.84 Å². The summed E-state index contributed by atoms with van der Waals surface area (Å²) >= 11 is 0. The Morgan fingerprint density at radius 1 is 1.91 bits per heavy atom. The predicted octanol–water partition coefficient (Wildman–Crippen LogP) is -0.789. The van der Waals surface area contributed by atoms with Crippen molar-refractivity contribution in [2.75, 3.05) is 13.6 Å². The largest absolute Gasteiger partial charge is 0.409 e. The van der Waals surface area contributed by atoms with E-state index in [2.05, 4.69) is 5.16 Å².